The molecule has 5 heteroatoms. The number of carbonyl (C=O) groups is 1. The van der Waals surface area contributed by atoms with Gasteiger partial charge in [-0.25, -0.2) is 0 Å². The van der Waals surface area contributed by atoms with Gasteiger partial charge in [-0.15, -0.1) is 0 Å². The Labute approximate surface area is 157 Å². The molecule has 1 heterocycles. The first-order chi connectivity index (χ1) is 12.2. The standard InChI is InChI=1S/C20H23BrN2O2/c21-18-8-6-17(7-9-18)20(24)15-22-14-19(16-4-2-1-3-5-16)23-10-12-25-13-11-23/h1-9,19,22H,10-15H2. The van der Waals surface area contributed by atoms with Crippen LogP contribution in [0.25, 0.3) is 0 Å². The first kappa shape index (κ1) is 18.3. The lowest BCUT2D eigenvalue weighted by Crippen LogP contribution is -2.43. The van der Waals surface area contributed by atoms with E-state index in [1.807, 2.05) is 30.3 Å². The molecule has 0 saturated carbocycles. The molecule has 0 amide bonds. The Kier molecular flexibility index (Phi) is 6.76. The van der Waals surface area contributed by atoms with Crippen LogP contribution < -0.4 is 5.32 Å². The molecule has 0 spiro atoms. The molecule has 2 aromatic rings. The van der Waals surface area contributed by atoms with Gasteiger partial charge in [-0.1, -0.05) is 58.4 Å². The number of ether oxygens (including phenoxy) is 1. The highest BCUT2D eigenvalue weighted by Gasteiger charge is 2.22. The summed E-state index contributed by atoms with van der Waals surface area (Å²) in [5, 5.41) is 3.35. The molecule has 1 fully saturated rings. The van der Waals surface area contributed by atoms with Gasteiger partial charge in [0.1, 0.15) is 0 Å². The summed E-state index contributed by atoms with van der Waals surface area (Å²) in [4.78, 5) is 14.8. The number of carbonyl (C=O) groups excluding carboxylic acids is 1. The highest BCUT2D eigenvalue weighted by Crippen LogP contribution is 2.21. The van der Waals surface area contributed by atoms with E-state index in [4.69, 9.17) is 4.74 Å². The molecule has 132 valence electrons. The van der Waals surface area contributed by atoms with Crippen LogP contribution in [0.5, 0.6) is 0 Å². The number of halogens is 1. The Morgan fingerprint density at radius 3 is 2.44 bits per heavy atom. The smallest absolute Gasteiger partial charge is 0.176 e. The maximum Gasteiger partial charge on any atom is 0.176 e. The fraction of sp³-hybridized carbons (Fsp3) is 0.350. The molecule has 1 aliphatic rings. The van der Waals surface area contributed by atoms with E-state index in [2.05, 4.69) is 50.4 Å². The molecule has 25 heavy (non-hydrogen) atoms. The minimum absolute atomic E-state index is 0.112. The molecule has 3 rings (SSSR count). The maximum atomic E-state index is 12.3. The van der Waals surface area contributed by atoms with Gasteiger partial charge < -0.3 is 10.1 Å². The molecule has 1 unspecified atom stereocenters. The average Bonchev–Trinajstić information content (AvgIpc) is 2.67. The number of ketones is 1. The number of nitrogens with one attached hydrogen (secondary N) is 1. The molecule has 1 saturated heterocycles. The zero-order chi connectivity index (χ0) is 17.5. The predicted octanol–water partition coefficient (Wildman–Crippen LogP) is 3.29. The number of morpholine rings is 1. The van der Waals surface area contributed by atoms with Crippen molar-refractivity contribution in [1.29, 1.82) is 0 Å². The third kappa shape index (κ3) is 5.22. The van der Waals surface area contributed by atoms with Crippen molar-refractivity contribution in [3.63, 3.8) is 0 Å². The van der Waals surface area contributed by atoms with Crippen molar-refractivity contribution in [1.82, 2.24) is 10.2 Å². The summed E-state index contributed by atoms with van der Waals surface area (Å²) in [5.74, 6) is 0.112. The molecule has 0 radical (unpaired) electrons. The molecular formula is C20H23BrN2O2. The molecule has 0 aromatic heterocycles. The zero-order valence-corrected chi connectivity index (χ0v) is 15.7. The number of hydrogen-bond donors (Lipinski definition) is 1. The lowest BCUT2D eigenvalue weighted by atomic mass is 10.0. The summed E-state index contributed by atoms with van der Waals surface area (Å²) in [6.07, 6.45) is 0. The minimum atomic E-state index is 0.112. The summed E-state index contributed by atoms with van der Waals surface area (Å²) in [7, 11) is 0. The lowest BCUT2D eigenvalue weighted by molar-refractivity contribution is 0.0162. The van der Waals surface area contributed by atoms with Crippen LogP contribution >= 0.6 is 15.9 Å². The fourth-order valence-electron chi connectivity index (χ4n) is 3.08. The Morgan fingerprint density at radius 2 is 1.76 bits per heavy atom. The molecule has 0 aliphatic carbocycles. The van der Waals surface area contributed by atoms with E-state index in [0.29, 0.717) is 6.54 Å². The molecule has 1 aliphatic heterocycles. The highest BCUT2D eigenvalue weighted by molar-refractivity contribution is 9.10. The Bertz CT molecular complexity index is 670. The summed E-state index contributed by atoms with van der Waals surface area (Å²) >= 11 is 3.39. The zero-order valence-electron chi connectivity index (χ0n) is 14.2. The summed E-state index contributed by atoms with van der Waals surface area (Å²) in [6, 6.07) is 18.2. The van der Waals surface area contributed by atoms with Gasteiger partial charge in [-0.3, -0.25) is 9.69 Å². The monoisotopic (exact) mass is 402 g/mol. The van der Waals surface area contributed by atoms with Crippen LogP contribution in [0, 0.1) is 0 Å². The second kappa shape index (κ2) is 9.25. The quantitative estimate of drug-likeness (QED) is 0.721. The number of Topliss-reactive ketones (excluding diaryl/α,β-unsaturated/α-hetero) is 1. The van der Waals surface area contributed by atoms with E-state index >= 15 is 0 Å². The van der Waals surface area contributed by atoms with Gasteiger partial charge >= 0.3 is 0 Å². The van der Waals surface area contributed by atoms with Crippen molar-refractivity contribution in [3.05, 3.63) is 70.2 Å². The third-order valence-electron chi connectivity index (χ3n) is 4.46. The molecule has 2 aromatic carbocycles. The number of nitrogens with zero attached hydrogens (tertiary/aromatic N) is 1. The van der Waals surface area contributed by atoms with E-state index in [-0.39, 0.29) is 11.8 Å². The second-order valence-corrected chi connectivity index (χ2v) is 7.05. The Balaban J connectivity index is 1.60. The van der Waals surface area contributed by atoms with Crippen LogP contribution in [-0.2, 0) is 4.74 Å². The van der Waals surface area contributed by atoms with E-state index in [9.17, 15) is 4.79 Å². The number of hydrogen-bond acceptors (Lipinski definition) is 4. The Morgan fingerprint density at radius 1 is 1.08 bits per heavy atom. The lowest BCUT2D eigenvalue weighted by Gasteiger charge is -2.35. The maximum absolute atomic E-state index is 12.3. The first-order valence-electron chi connectivity index (χ1n) is 8.60. The normalized spacial score (nSPS) is 16.5. The van der Waals surface area contributed by atoms with Crippen molar-refractivity contribution >= 4 is 21.7 Å². The molecule has 4 nitrogen and oxygen atoms in total. The summed E-state index contributed by atoms with van der Waals surface area (Å²) < 4.78 is 6.46. The average molecular weight is 403 g/mol. The van der Waals surface area contributed by atoms with Gasteiger partial charge in [-0.2, -0.15) is 0 Å². The van der Waals surface area contributed by atoms with E-state index in [1.54, 1.807) is 0 Å². The van der Waals surface area contributed by atoms with Crippen LogP contribution in [-0.4, -0.2) is 50.1 Å². The molecule has 1 N–H and O–H groups in total. The largest absolute Gasteiger partial charge is 0.379 e. The molecular weight excluding hydrogens is 380 g/mol. The minimum Gasteiger partial charge on any atom is -0.379 e. The molecule has 0 bridgehead atoms. The van der Waals surface area contributed by atoms with Crippen LogP contribution in [0.1, 0.15) is 22.0 Å². The summed E-state index contributed by atoms with van der Waals surface area (Å²) in [5.41, 5.74) is 2.01. The van der Waals surface area contributed by atoms with Crippen molar-refractivity contribution in [2.45, 2.75) is 6.04 Å². The topological polar surface area (TPSA) is 41.6 Å². The molecule has 1 atom stereocenters. The van der Waals surface area contributed by atoms with Crippen LogP contribution in [0.3, 0.4) is 0 Å². The highest BCUT2D eigenvalue weighted by atomic mass is 79.9. The van der Waals surface area contributed by atoms with Gasteiger partial charge in [0.15, 0.2) is 5.78 Å². The van der Waals surface area contributed by atoms with E-state index in [1.165, 1.54) is 5.56 Å². The second-order valence-electron chi connectivity index (χ2n) is 6.14. The van der Waals surface area contributed by atoms with Gasteiger partial charge in [0, 0.05) is 35.7 Å². The van der Waals surface area contributed by atoms with Gasteiger partial charge in [0.25, 0.3) is 0 Å². The van der Waals surface area contributed by atoms with E-state index < -0.39 is 0 Å². The van der Waals surface area contributed by atoms with Gasteiger partial charge in [-0.05, 0) is 17.7 Å². The first-order valence-corrected chi connectivity index (χ1v) is 9.39. The SMILES string of the molecule is O=C(CNCC(c1ccccc1)N1CCOCC1)c1ccc(Br)cc1. The predicted molar refractivity (Wildman–Crippen MR) is 103 cm³/mol. The van der Waals surface area contributed by atoms with Gasteiger partial charge in [0.2, 0.25) is 0 Å². The van der Waals surface area contributed by atoms with Crippen LogP contribution in [0.15, 0.2) is 59.1 Å². The third-order valence-corrected chi connectivity index (χ3v) is 4.99. The van der Waals surface area contributed by atoms with E-state index in [0.717, 1.165) is 42.9 Å². The number of rotatable bonds is 7. The van der Waals surface area contributed by atoms with Crippen molar-refractivity contribution in [2.75, 3.05) is 39.4 Å². The van der Waals surface area contributed by atoms with Crippen molar-refractivity contribution < 1.29 is 9.53 Å². The van der Waals surface area contributed by atoms with Crippen molar-refractivity contribution in [2.24, 2.45) is 0 Å². The number of benzene rings is 2. The summed E-state index contributed by atoms with van der Waals surface area (Å²) in [6.45, 7) is 4.45. The fourth-order valence-corrected chi connectivity index (χ4v) is 3.35. The van der Waals surface area contributed by atoms with Crippen LogP contribution in [0.4, 0.5) is 0 Å². The van der Waals surface area contributed by atoms with Crippen molar-refractivity contribution in [3.8, 4) is 0 Å². The Hall–Kier alpha value is -1.53. The van der Waals surface area contributed by atoms with Crippen LogP contribution in [0.2, 0.25) is 0 Å². The van der Waals surface area contributed by atoms with Gasteiger partial charge in [0.05, 0.1) is 19.8 Å².